The molecule has 1 aliphatic carbocycles. The summed E-state index contributed by atoms with van der Waals surface area (Å²) in [4.78, 5) is 0. The van der Waals surface area contributed by atoms with Crippen molar-refractivity contribution in [3.05, 3.63) is 35.6 Å². The summed E-state index contributed by atoms with van der Waals surface area (Å²) < 4.78 is 12.9. The lowest BCUT2D eigenvalue weighted by Crippen LogP contribution is -2.26. The summed E-state index contributed by atoms with van der Waals surface area (Å²) in [6.45, 7) is 3.31. The van der Waals surface area contributed by atoms with Gasteiger partial charge in [-0.25, -0.2) is 4.39 Å². The molecule has 0 bridgehead atoms. The maximum absolute atomic E-state index is 12.9. The molecular formula is C16H24FNS. The van der Waals surface area contributed by atoms with E-state index >= 15 is 0 Å². The highest BCUT2D eigenvalue weighted by molar-refractivity contribution is 7.99. The maximum atomic E-state index is 12.9. The van der Waals surface area contributed by atoms with Crippen LogP contribution in [0.25, 0.3) is 0 Å². The first-order valence-electron chi connectivity index (χ1n) is 7.33. The predicted molar refractivity (Wildman–Crippen MR) is 82.2 cm³/mol. The molecule has 1 unspecified atom stereocenters. The monoisotopic (exact) mass is 281 g/mol. The van der Waals surface area contributed by atoms with Crippen molar-refractivity contribution >= 4 is 11.8 Å². The second-order valence-electron chi connectivity index (χ2n) is 5.36. The van der Waals surface area contributed by atoms with Gasteiger partial charge < -0.3 is 5.32 Å². The Bertz CT molecular complexity index is 362. The molecule has 1 fully saturated rings. The zero-order valence-electron chi connectivity index (χ0n) is 11.7. The van der Waals surface area contributed by atoms with E-state index in [1.165, 1.54) is 36.3 Å². The second kappa shape index (κ2) is 7.91. The van der Waals surface area contributed by atoms with Crippen molar-refractivity contribution in [3.8, 4) is 0 Å². The molecule has 19 heavy (non-hydrogen) atoms. The minimum absolute atomic E-state index is 0.141. The van der Waals surface area contributed by atoms with Crippen LogP contribution in [0.3, 0.4) is 0 Å². The SMILES string of the molecule is CCSCCC(CNC1CC1)Cc1ccc(F)cc1. The number of hydrogen-bond acceptors (Lipinski definition) is 2. The highest BCUT2D eigenvalue weighted by atomic mass is 32.2. The molecule has 0 amide bonds. The molecular weight excluding hydrogens is 257 g/mol. The fraction of sp³-hybridized carbons (Fsp3) is 0.625. The van der Waals surface area contributed by atoms with Gasteiger partial charge in [0.15, 0.2) is 0 Å². The molecule has 1 aromatic carbocycles. The fourth-order valence-electron chi connectivity index (χ4n) is 2.25. The highest BCUT2D eigenvalue weighted by Crippen LogP contribution is 2.21. The fourth-order valence-corrected chi connectivity index (χ4v) is 3.03. The van der Waals surface area contributed by atoms with Gasteiger partial charge >= 0.3 is 0 Å². The largest absolute Gasteiger partial charge is 0.314 e. The first-order chi connectivity index (χ1) is 9.28. The number of rotatable bonds is 9. The van der Waals surface area contributed by atoms with E-state index < -0.39 is 0 Å². The molecule has 1 aliphatic rings. The topological polar surface area (TPSA) is 12.0 Å². The molecule has 1 aromatic rings. The number of benzene rings is 1. The molecule has 0 aromatic heterocycles. The molecule has 3 heteroatoms. The van der Waals surface area contributed by atoms with Gasteiger partial charge in [-0.2, -0.15) is 11.8 Å². The highest BCUT2D eigenvalue weighted by Gasteiger charge is 2.21. The summed E-state index contributed by atoms with van der Waals surface area (Å²) in [5.74, 6) is 2.96. The van der Waals surface area contributed by atoms with E-state index in [-0.39, 0.29) is 5.82 Å². The lowest BCUT2D eigenvalue weighted by atomic mass is 9.96. The van der Waals surface area contributed by atoms with Crippen LogP contribution in [0.15, 0.2) is 24.3 Å². The first kappa shape index (κ1) is 14.9. The first-order valence-corrected chi connectivity index (χ1v) is 8.49. The van der Waals surface area contributed by atoms with E-state index in [1.807, 2.05) is 23.9 Å². The molecule has 1 saturated carbocycles. The third kappa shape index (κ3) is 5.96. The van der Waals surface area contributed by atoms with Gasteiger partial charge in [0.2, 0.25) is 0 Å². The standard InChI is InChI=1S/C16H24FNS/c1-2-19-10-9-14(12-18-16-7-8-16)11-13-3-5-15(17)6-4-13/h3-6,14,16,18H,2,7-12H2,1H3. The van der Waals surface area contributed by atoms with Crippen molar-refractivity contribution < 1.29 is 4.39 Å². The molecule has 106 valence electrons. The third-order valence-electron chi connectivity index (χ3n) is 3.58. The number of halogens is 1. The second-order valence-corrected chi connectivity index (χ2v) is 6.76. The summed E-state index contributed by atoms with van der Waals surface area (Å²) in [7, 11) is 0. The van der Waals surface area contributed by atoms with Crippen LogP contribution >= 0.6 is 11.8 Å². The molecule has 0 heterocycles. The Hall–Kier alpha value is -0.540. The molecule has 0 spiro atoms. The lowest BCUT2D eigenvalue weighted by molar-refractivity contribution is 0.461. The summed E-state index contributed by atoms with van der Waals surface area (Å²) in [6.07, 6.45) is 4.99. The molecule has 1 nitrogen and oxygen atoms in total. The van der Waals surface area contributed by atoms with Gasteiger partial charge in [0.25, 0.3) is 0 Å². The van der Waals surface area contributed by atoms with E-state index in [2.05, 4.69) is 12.2 Å². The molecule has 0 radical (unpaired) electrons. The van der Waals surface area contributed by atoms with Gasteiger partial charge in [-0.15, -0.1) is 0 Å². The Morgan fingerprint density at radius 3 is 2.68 bits per heavy atom. The van der Waals surface area contributed by atoms with Crippen molar-refractivity contribution in [1.29, 1.82) is 0 Å². The van der Waals surface area contributed by atoms with Crippen LogP contribution in [0.4, 0.5) is 4.39 Å². The van der Waals surface area contributed by atoms with Gasteiger partial charge in [-0.1, -0.05) is 19.1 Å². The van der Waals surface area contributed by atoms with Gasteiger partial charge in [-0.05, 0) is 67.3 Å². The molecule has 2 rings (SSSR count). The predicted octanol–water partition coefficient (Wildman–Crippen LogP) is 3.88. The van der Waals surface area contributed by atoms with Crippen LogP contribution in [-0.2, 0) is 6.42 Å². The summed E-state index contributed by atoms with van der Waals surface area (Å²) in [6, 6.07) is 7.76. The summed E-state index contributed by atoms with van der Waals surface area (Å²) in [5, 5.41) is 3.63. The van der Waals surface area contributed by atoms with Gasteiger partial charge in [-0.3, -0.25) is 0 Å². The number of thioether (sulfide) groups is 1. The Morgan fingerprint density at radius 1 is 1.32 bits per heavy atom. The van der Waals surface area contributed by atoms with Crippen LogP contribution < -0.4 is 5.32 Å². The number of nitrogens with one attached hydrogen (secondary N) is 1. The Kier molecular flexibility index (Phi) is 6.18. The smallest absolute Gasteiger partial charge is 0.123 e. The minimum atomic E-state index is -0.141. The van der Waals surface area contributed by atoms with Crippen molar-refractivity contribution in [3.63, 3.8) is 0 Å². The molecule has 0 saturated heterocycles. The Balaban J connectivity index is 1.81. The lowest BCUT2D eigenvalue weighted by Gasteiger charge is -2.17. The van der Waals surface area contributed by atoms with Gasteiger partial charge in [0.05, 0.1) is 0 Å². The van der Waals surface area contributed by atoms with Crippen molar-refractivity contribution in [1.82, 2.24) is 5.32 Å². The van der Waals surface area contributed by atoms with Crippen LogP contribution in [0.1, 0.15) is 31.7 Å². The van der Waals surface area contributed by atoms with E-state index in [9.17, 15) is 4.39 Å². The zero-order valence-corrected chi connectivity index (χ0v) is 12.5. The average molecular weight is 281 g/mol. The summed E-state index contributed by atoms with van der Waals surface area (Å²) in [5.41, 5.74) is 1.26. The Morgan fingerprint density at radius 2 is 2.05 bits per heavy atom. The van der Waals surface area contributed by atoms with Crippen molar-refractivity contribution in [2.75, 3.05) is 18.1 Å². The van der Waals surface area contributed by atoms with Crippen LogP contribution in [0, 0.1) is 11.7 Å². The molecule has 1 atom stereocenters. The van der Waals surface area contributed by atoms with E-state index in [0.29, 0.717) is 5.92 Å². The minimum Gasteiger partial charge on any atom is -0.314 e. The van der Waals surface area contributed by atoms with E-state index in [0.717, 1.165) is 19.0 Å². The maximum Gasteiger partial charge on any atom is 0.123 e. The molecule has 1 N–H and O–H groups in total. The summed E-state index contributed by atoms with van der Waals surface area (Å²) >= 11 is 2.01. The average Bonchev–Trinajstić information content (AvgIpc) is 3.23. The van der Waals surface area contributed by atoms with Crippen molar-refractivity contribution in [2.24, 2.45) is 5.92 Å². The van der Waals surface area contributed by atoms with Gasteiger partial charge in [0, 0.05) is 6.04 Å². The van der Waals surface area contributed by atoms with Crippen LogP contribution in [0.5, 0.6) is 0 Å². The van der Waals surface area contributed by atoms with E-state index in [1.54, 1.807) is 12.1 Å². The van der Waals surface area contributed by atoms with Gasteiger partial charge in [0.1, 0.15) is 5.82 Å². The molecule has 0 aliphatic heterocycles. The normalized spacial score (nSPS) is 16.5. The van der Waals surface area contributed by atoms with Crippen LogP contribution in [-0.4, -0.2) is 24.1 Å². The quantitative estimate of drug-likeness (QED) is 0.689. The Labute approximate surface area is 120 Å². The van der Waals surface area contributed by atoms with Crippen LogP contribution in [0.2, 0.25) is 0 Å². The number of hydrogen-bond donors (Lipinski definition) is 1. The van der Waals surface area contributed by atoms with E-state index in [4.69, 9.17) is 0 Å². The third-order valence-corrected chi connectivity index (χ3v) is 4.52. The van der Waals surface area contributed by atoms with Crippen molar-refractivity contribution in [2.45, 2.75) is 38.6 Å². The zero-order chi connectivity index (χ0) is 13.5.